The van der Waals surface area contributed by atoms with Crippen LogP contribution in [0.25, 0.3) is 0 Å². The molecular weight excluding hydrogens is 254 g/mol. The number of rotatable bonds is 4. The summed E-state index contributed by atoms with van der Waals surface area (Å²) < 4.78 is 0. The topological polar surface area (TPSA) is 85.7 Å². The molecule has 6 nitrogen and oxygen atoms in total. The van der Waals surface area contributed by atoms with Gasteiger partial charge in [-0.15, -0.1) is 0 Å². The zero-order chi connectivity index (χ0) is 14.5. The largest absolute Gasteiger partial charge is 0.337 e. The molecule has 2 rings (SSSR count). The Kier molecular flexibility index (Phi) is 4.11. The summed E-state index contributed by atoms with van der Waals surface area (Å²) in [6.07, 6.45) is 0. The molecule has 0 aliphatic carbocycles. The van der Waals surface area contributed by atoms with Crippen molar-refractivity contribution in [1.29, 1.82) is 5.26 Å². The number of nitriles is 1. The van der Waals surface area contributed by atoms with Crippen molar-refractivity contribution in [2.24, 2.45) is 0 Å². The molecule has 0 aliphatic heterocycles. The average Bonchev–Trinajstić information content (AvgIpc) is 2.86. The lowest BCUT2D eigenvalue weighted by Gasteiger charge is -2.18. The molecule has 2 aromatic rings. The third kappa shape index (κ3) is 3.01. The predicted molar refractivity (Wildman–Crippen MR) is 72.4 cm³/mol. The molecule has 0 aliphatic rings. The highest BCUT2D eigenvalue weighted by Gasteiger charge is 2.24. The molecule has 1 aromatic heterocycles. The highest BCUT2D eigenvalue weighted by Crippen LogP contribution is 2.17. The second-order valence-electron chi connectivity index (χ2n) is 4.50. The van der Waals surface area contributed by atoms with Crippen LogP contribution in [0.15, 0.2) is 30.3 Å². The van der Waals surface area contributed by atoms with Crippen molar-refractivity contribution in [3.05, 3.63) is 47.5 Å². The zero-order valence-corrected chi connectivity index (χ0v) is 11.4. The number of hydrogen-bond acceptors (Lipinski definition) is 4. The van der Waals surface area contributed by atoms with Crippen molar-refractivity contribution < 1.29 is 4.79 Å². The molecule has 1 N–H and O–H groups in total. The van der Waals surface area contributed by atoms with Gasteiger partial charge in [-0.3, -0.25) is 9.89 Å². The fourth-order valence-electron chi connectivity index (χ4n) is 1.89. The van der Waals surface area contributed by atoms with Crippen LogP contribution in [-0.2, 0) is 11.3 Å². The number of benzene rings is 1. The second kappa shape index (κ2) is 5.97. The van der Waals surface area contributed by atoms with Gasteiger partial charge < -0.3 is 4.90 Å². The van der Waals surface area contributed by atoms with Gasteiger partial charge in [0, 0.05) is 7.05 Å². The number of nitrogens with zero attached hydrogens (tertiary/aromatic N) is 4. The second-order valence-corrected chi connectivity index (χ2v) is 4.50. The Morgan fingerprint density at radius 3 is 2.70 bits per heavy atom. The number of aromatic nitrogens is 3. The van der Waals surface area contributed by atoms with Gasteiger partial charge in [0.2, 0.25) is 5.91 Å². The van der Waals surface area contributed by atoms with Crippen molar-refractivity contribution >= 4 is 5.91 Å². The van der Waals surface area contributed by atoms with Gasteiger partial charge in [-0.25, -0.2) is 4.98 Å². The van der Waals surface area contributed by atoms with Crippen LogP contribution in [0.3, 0.4) is 0 Å². The summed E-state index contributed by atoms with van der Waals surface area (Å²) in [7, 11) is 1.64. The first-order valence-corrected chi connectivity index (χ1v) is 6.19. The molecule has 20 heavy (non-hydrogen) atoms. The number of nitrogens with one attached hydrogen (secondary N) is 1. The van der Waals surface area contributed by atoms with Gasteiger partial charge in [-0.05, 0) is 12.5 Å². The Bertz CT molecular complexity index is 629. The SMILES string of the molecule is Cc1nc(CN(C)C(=O)C(C#N)c2ccccc2)n[nH]1. The van der Waals surface area contributed by atoms with E-state index in [4.69, 9.17) is 0 Å². The summed E-state index contributed by atoms with van der Waals surface area (Å²) in [6, 6.07) is 11.1. The molecule has 0 radical (unpaired) electrons. The summed E-state index contributed by atoms with van der Waals surface area (Å²) in [6.45, 7) is 2.06. The van der Waals surface area contributed by atoms with Crippen LogP contribution in [0.4, 0.5) is 0 Å². The molecule has 0 spiro atoms. The van der Waals surface area contributed by atoms with E-state index in [0.717, 1.165) is 0 Å². The van der Waals surface area contributed by atoms with E-state index in [1.807, 2.05) is 18.2 Å². The Labute approximate surface area is 117 Å². The van der Waals surface area contributed by atoms with Crippen LogP contribution in [0.5, 0.6) is 0 Å². The van der Waals surface area contributed by atoms with Crippen LogP contribution < -0.4 is 0 Å². The molecular formula is C14H15N5O. The van der Waals surface area contributed by atoms with Gasteiger partial charge in [0.1, 0.15) is 11.7 Å². The van der Waals surface area contributed by atoms with Crippen LogP contribution in [0.1, 0.15) is 23.1 Å². The maximum Gasteiger partial charge on any atom is 0.244 e. The molecule has 6 heteroatoms. The lowest BCUT2D eigenvalue weighted by molar-refractivity contribution is -0.130. The summed E-state index contributed by atoms with van der Waals surface area (Å²) in [5, 5.41) is 15.9. The van der Waals surface area contributed by atoms with E-state index in [1.165, 1.54) is 4.90 Å². The van der Waals surface area contributed by atoms with E-state index in [1.54, 1.807) is 26.1 Å². The molecule has 0 saturated carbocycles. The molecule has 1 aromatic carbocycles. The number of likely N-dealkylation sites (N-methyl/N-ethyl adjacent to an activating group) is 1. The Balaban J connectivity index is 2.11. The minimum Gasteiger partial charge on any atom is -0.337 e. The van der Waals surface area contributed by atoms with Gasteiger partial charge >= 0.3 is 0 Å². The monoisotopic (exact) mass is 269 g/mol. The lowest BCUT2D eigenvalue weighted by Crippen LogP contribution is -2.31. The first-order chi connectivity index (χ1) is 9.61. The van der Waals surface area contributed by atoms with E-state index in [-0.39, 0.29) is 12.5 Å². The molecule has 0 bridgehead atoms. The van der Waals surface area contributed by atoms with Crippen molar-refractivity contribution in [1.82, 2.24) is 20.1 Å². The number of aromatic amines is 1. The maximum atomic E-state index is 12.3. The maximum absolute atomic E-state index is 12.3. The number of H-pyrrole nitrogens is 1. The van der Waals surface area contributed by atoms with E-state index >= 15 is 0 Å². The average molecular weight is 269 g/mol. The predicted octanol–water partition coefficient (Wildman–Crippen LogP) is 1.38. The molecule has 0 saturated heterocycles. The van der Waals surface area contributed by atoms with Crippen LogP contribution >= 0.6 is 0 Å². The smallest absolute Gasteiger partial charge is 0.244 e. The van der Waals surface area contributed by atoms with Crippen LogP contribution in [0, 0.1) is 18.3 Å². The van der Waals surface area contributed by atoms with Gasteiger partial charge in [0.05, 0.1) is 12.6 Å². The van der Waals surface area contributed by atoms with E-state index in [0.29, 0.717) is 17.2 Å². The molecule has 1 amide bonds. The third-order valence-corrected chi connectivity index (χ3v) is 2.91. The number of carbonyl (C=O) groups is 1. The van der Waals surface area contributed by atoms with Gasteiger partial charge in [0.15, 0.2) is 5.82 Å². The van der Waals surface area contributed by atoms with Crippen LogP contribution in [-0.4, -0.2) is 33.0 Å². The summed E-state index contributed by atoms with van der Waals surface area (Å²) in [5.41, 5.74) is 0.693. The van der Waals surface area contributed by atoms with Gasteiger partial charge in [-0.1, -0.05) is 30.3 Å². The van der Waals surface area contributed by atoms with Crippen molar-refractivity contribution in [3.63, 3.8) is 0 Å². The fraction of sp³-hybridized carbons (Fsp3) is 0.286. The van der Waals surface area contributed by atoms with Crippen molar-refractivity contribution in [3.8, 4) is 6.07 Å². The van der Waals surface area contributed by atoms with E-state index < -0.39 is 5.92 Å². The van der Waals surface area contributed by atoms with Gasteiger partial charge in [-0.2, -0.15) is 10.4 Å². The Hall–Kier alpha value is -2.68. The van der Waals surface area contributed by atoms with Crippen molar-refractivity contribution in [2.45, 2.75) is 19.4 Å². The minimum atomic E-state index is -0.804. The van der Waals surface area contributed by atoms with Crippen LogP contribution in [0.2, 0.25) is 0 Å². The molecule has 0 fully saturated rings. The quantitative estimate of drug-likeness (QED) is 0.908. The number of amides is 1. The Morgan fingerprint density at radius 2 is 2.15 bits per heavy atom. The summed E-state index contributed by atoms with van der Waals surface area (Å²) in [4.78, 5) is 17.9. The van der Waals surface area contributed by atoms with Crippen molar-refractivity contribution in [2.75, 3.05) is 7.05 Å². The zero-order valence-electron chi connectivity index (χ0n) is 11.4. The van der Waals surface area contributed by atoms with E-state index in [2.05, 4.69) is 21.3 Å². The number of carbonyl (C=O) groups excluding carboxylic acids is 1. The standard InChI is InChI=1S/C14H15N5O/c1-10-16-13(18-17-10)9-19(2)14(20)12(8-15)11-6-4-3-5-7-11/h3-7,12H,9H2,1-2H3,(H,16,17,18). The first-order valence-electron chi connectivity index (χ1n) is 6.19. The van der Waals surface area contributed by atoms with Gasteiger partial charge in [0.25, 0.3) is 0 Å². The first kappa shape index (κ1) is 13.7. The highest BCUT2D eigenvalue weighted by molar-refractivity contribution is 5.86. The summed E-state index contributed by atoms with van der Waals surface area (Å²) >= 11 is 0. The third-order valence-electron chi connectivity index (χ3n) is 2.91. The number of hydrogen-bond donors (Lipinski definition) is 1. The molecule has 102 valence electrons. The number of aryl methyl sites for hydroxylation is 1. The normalized spacial score (nSPS) is 11.7. The highest BCUT2D eigenvalue weighted by atomic mass is 16.2. The molecule has 1 atom stereocenters. The summed E-state index contributed by atoms with van der Waals surface area (Å²) in [5.74, 6) is 0.159. The molecule has 1 unspecified atom stereocenters. The van der Waals surface area contributed by atoms with E-state index in [9.17, 15) is 10.1 Å². The molecule has 1 heterocycles. The minimum absolute atomic E-state index is 0.263. The lowest BCUT2D eigenvalue weighted by atomic mass is 9.99. The Morgan fingerprint density at radius 1 is 1.45 bits per heavy atom. The fourth-order valence-corrected chi connectivity index (χ4v) is 1.89.